The zero-order chi connectivity index (χ0) is 16.7. The van der Waals surface area contributed by atoms with Gasteiger partial charge in [-0.05, 0) is 17.7 Å². The molecule has 0 saturated carbocycles. The minimum absolute atomic E-state index is 0.165. The van der Waals surface area contributed by atoms with Crippen LogP contribution in [-0.4, -0.2) is 33.7 Å². The van der Waals surface area contributed by atoms with Crippen LogP contribution in [0.2, 0.25) is 0 Å². The number of amides is 2. The molecule has 0 saturated heterocycles. The molecule has 4 N–H and O–H groups in total. The third kappa shape index (κ3) is 5.08. The number of carbonyl (C=O) groups excluding carboxylic acids is 1. The zero-order valence-electron chi connectivity index (χ0n) is 12.3. The quantitative estimate of drug-likeness (QED) is 0.642. The van der Waals surface area contributed by atoms with E-state index < -0.39 is 12.2 Å². The lowest BCUT2D eigenvalue weighted by Crippen LogP contribution is -2.27. The van der Waals surface area contributed by atoms with E-state index in [1.165, 1.54) is 18.3 Å². The third-order valence-corrected chi connectivity index (χ3v) is 3.13. The molecule has 2 aromatic rings. The molecule has 2 amide bonds. The molecule has 0 radical (unpaired) electrons. The molecule has 0 fully saturated rings. The van der Waals surface area contributed by atoms with Crippen molar-refractivity contribution in [2.24, 2.45) is 0 Å². The highest BCUT2D eigenvalue weighted by atomic mass is 16.4. The van der Waals surface area contributed by atoms with Crippen molar-refractivity contribution in [2.45, 2.75) is 12.6 Å². The Morgan fingerprint density at radius 3 is 2.43 bits per heavy atom. The van der Waals surface area contributed by atoms with Crippen LogP contribution in [0, 0.1) is 0 Å². The van der Waals surface area contributed by atoms with Gasteiger partial charge in [0, 0.05) is 12.7 Å². The molecule has 23 heavy (non-hydrogen) atoms. The molecular formula is C16H17N3O4. The first kappa shape index (κ1) is 16.4. The van der Waals surface area contributed by atoms with Crippen molar-refractivity contribution in [3.8, 4) is 0 Å². The average molecular weight is 315 g/mol. The number of aliphatic hydroxyl groups excluding tert-OH is 1. The number of pyridine rings is 1. The van der Waals surface area contributed by atoms with Crippen LogP contribution < -0.4 is 10.6 Å². The average Bonchev–Trinajstić information content (AvgIpc) is 2.58. The van der Waals surface area contributed by atoms with Crippen molar-refractivity contribution in [1.29, 1.82) is 0 Å². The molecule has 1 atom stereocenters. The first-order valence-corrected chi connectivity index (χ1v) is 6.99. The first-order chi connectivity index (χ1) is 11.1. The Labute approximate surface area is 133 Å². The molecular weight excluding hydrogens is 298 g/mol. The number of nitrogens with zero attached hydrogens (tertiary/aromatic N) is 1. The van der Waals surface area contributed by atoms with Crippen LogP contribution in [0.3, 0.4) is 0 Å². The van der Waals surface area contributed by atoms with E-state index in [-0.39, 0.29) is 12.5 Å². The van der Waals surface area contributed by atoms with Crippen LogP contribution in [0.1, 0.15) is 27.7 Å². The lowest BCUT2D eigenvalue weighted by atomic mass is 10.1. The van der Waals surface area contributed by atoms with Gasteiger partial charge in [0.2, 0.25) is 0 Å². The van der Waals surface area contributed by atoms with E-state index in [4.69, 9.17) is 5.11 Å². The molecule has 0 aliphatic rings. The Bertz CT molecular complexity index is 659. The second-order valence-electron chi connectivity index (χ2n) is 4.84. The molecule has 2 rings (SSSR count). The van der Waals surface area contributed by atoms with Crippen molar-refractivity contribution in [3.63, 3.8) is 0 Å². The topological polar surface area (TPSA) is 112 Å². The maximum Gasteiger partial charge on any atom is 0.404 e. The third-order valence-electron chi connectivity index (χ3n) is 3.13. The Balaban J connectivity index is 1.90. The molecule has 0 aliphatic heterocycles. The highest BCUT2D eigenvalue weighted by molar-refractivity contribution is 5.93. The summed E-state index contributed by atoms with van der Waals surface area (Å²) in [5.74, 6) is -0.272. The van der Waals surface area contributed by atoms with E-state index in [9.17, 15) is 14.7 Å². The summed E-state index contributed by atoms with van der Waals surface area (Å²) in [4.78, 5) is 26.4. The molecule has 0 aliphatic carbocycles. The molecule has 0 spiro atoms. The van der Waals surface area contributed by atoms with Crippen molar-refractivity contribution in [3.05, 3.63) is 65.5 Å². The highest BCUT2D eigenvalue weighted by Crippen LogP contribution is 2.10. The van der Waals surface area contributed by atoms with Gasteiger partial charge in [-0.1, -0.05) is 30.3 Å². The van der Waals surface area contributed by atoms with Gasteiger partial charge in [0.15, 0.2) is 0 Å². The van der Waals surface area contributed by atoms with E-state index in [1.807, 2.05) is 30.3 Å². The van der Waals surface area contributed by atoms with Crippen LogP contribution in [0.4, 0.5) is 4.79 Å². The number of carbonyl (C=O) groups is 2. The summed E-state index contributed by atoms with van der Waals surface area (Å²) in [5, 5.41) is 23.1. The largest absolute Gasteiger partial charge is 0.465 e. The number of benzene rings is 1. The fourth-order valence-electron chi connectivity index (χ4n) is 1.91. The van der Waals surface area contributed by atoms with E-state index in [0.29, 0.717) is 17.8 Å². The van der Waals surface area contributed by atoms with Gasteiger partial charge in [-0.15, -0.1) is 0 Å². The zero-order valence-corrected chi connectivity index (χ0v) is 12.3. The molecule has 1 heterocycles. The predicted octanol–water partition coefficient (Wildman–Crippen LogP) is 1.31. The Morgan fingerprint density at radius 2 is 1.83 bits per heavy atom. The number of rotatable bonds is 6. The monoisotopic (exact) mass is 315 g/mol. The fourth-order valence-corrected chi connectivity index (χ4v) is 1.91. The normalized spacial score (nSPS) is 11.5. The molecule has 7 heteroatoms. The first-order valence-electron chi connectivity index (χ1n) is 6.99. The summed E-state index contributed by atoms with van der Waals surface area (Å²) < 4.78 is 0. The van der Waals surface area contributed by atoms with E-state index in [1.54, 1.807) is 0 Å². The minimum Gasteiger partial charge on any atom is -0.465 e. The SMILES string of the molecule is O=C(O)NCC(O)c1ccc(C(=O)NCc2ccccc2)cn1. The number of hydrogen-bond donors (Lipinski definition) is 4. The number of aliphatic hydroxyl groups is 1. The molecule has 1 unspecified atom stereocenters. The van der Waals surface area contributed by atoms with Gasteiger partial charge in [-0.2, -0.15) is 0 Å². The van der Waals surface area contributed by atoms with Crippen LogP contribution in [0.15, 0.2) is 48.7 Å². The van der Waals surface area contributed by atoms with Gasteiger partial charge >= 0.3 is 6.09 Å². The van der Waals surface area contributed by atoms with Crippen molar-refractivity contribution >= 4 is 12.0 Å². The standard InChI is InChI=1S/C16H17N3O4/c20-14(10-19-16(22)23)13-7-6-12(9-17-13)15(21)18-8-11-4-2-1-3-5-11/h1-7,9,14,19-20H,8,10H2,(H,18,21)(H,22,23). The summed E-state index contributed by atoms with van der Waals surface area (Å²) in [6, 6.07) is 12.5. The number of carboxylic acid groups (broad SMARTS) is 1. The minimum atomic E-state index is -1.22. The van der Waals surface area contributed by atoms with Crippen LogP contribution >= 0.6 is 0 Å². The smallest absolute Gasteiger partial charge is 0.404 e. The summed E-state index contributed by atoms with van der Waals surface area (Å²) in [6.07, 6.45) is -0.937. The van der Waals surface area contributed by atoms with Gasteiger partial charge in [-0.3, -0.25) is 9.78 Å². The summed E-state index contributed by atoms with van der Waals surface area (Å²) in [6.45, 7) is 0.245. The second-order valence-corrected chi connectivity index (χ2v) is 4.84. The lowest BCUT2D eigenvalue weighted by molar-refractivity contribution is 0.0950. The van der Waals surface area contributed by atoms with E-state index in [0.717, 1.165) is 5.56 Å². The maximum atomic E-state index is 12.0. The van der Waals surface area contributed by atoms with Crippen molar-refractivity contribution in [1.82, 2.24) is 15.6 Å². The van der Waals surface area contributed by atoms with Crippen molar-refractivity contribution in [2.75, 3.05) is 6.54 Å². The Morgan fingerprint density at radius 1 is 1.09 bits per heavy atom. The second kappa shape index (κ2) is 7.90. The van der Waals surface area contributed by atoms with Gasteiger partial charge in [0.1, 0.15) is 6.10 Å². The molecule has 1 aromatic carbocycles. The summed E-state index contributed by atoms with van der Waals surface area (Å²) in [7, 11) is 0. The fraction of sp³-hybridized carbons (Fsp3) is 0.188. The van der Waals surface area contributed by atoms with Crippen LogP contribution in [0.25, 0.3) is 0 Å². The van der Waals surface area contributed by atoms with Crippen molar-refractivity contribution < 1.29 is 19.8 Å². The van der Waals surface area contributed by atoms with Crippen LogP contribution in [0.5, 0.6) is 0 Å². The number of nitrogens with one attached hydrogen (secondary N) is 2. The van der Waals surface area contributed by atoms with Gasteiger partial charge < -0.3 is 20.8 Å². The van der Waals surface area contributed by atoms with E-state index >= 15 is 0 Å². The predicted molar refractivity (Wildman–Crippen MR) is 82.8 cm³/mol. The lowest BCUT2D eigenvalue weighted by Gasteiger charge is -2.10. The molecule has 7 nitrogen and oxygen atoms in total. The van der Waals surface area contributed by atoms with Gasteiger partial charge in [0.25, 0.3) is 5.91 Å². The molecule has 1 aromatic heterocycles. The van der Waals surface area contributed by atoms with Gasteiger partial charge in [0.05, 0.1) is 17.8 Å². The summed E-state index contributed by atoms with van der Waals surface area (Å²) >= 11 is 0. The Kier molecular flexibility index (Phi) is 5.65. The molecule has 120 valence electrons. The molecule has 0 bridgehead atoms. The highest BCUT2D eigenvalue weighted by Gasteiger charge is 2.12. The maximum absolute atomic E-state index is 12.0. The number of aromatic nitrogens is 1. The van der Waals surface area contributed by atoms with Crippen LogP contribution in [-0.2, 0) is 6.54 Å². The van der Waals surface area contributed by atoms with Gasteiger partial charge in [-0.25, -0.2) is 4.79 Å². The number of hydrogen-bond acceptors (Lipinski definition) is 4. The summed E-state index contributed by atoms with van der Waals surface area (Å²) in [5.41, 5.74) is 1.64. The Hall–Kier alpha value is -2.93. The van der Waals surface area contributed by atoms with E-state index in [2.05, 4.69) is 15.6 Å².